The molecule has 0 aliphatic carbocycles. The molecular weight excluding hydrogens is 358 g/mol. The van der Waals surface area contributed by atoms with Crippen molar-refractivity contribution in [1.29, 1.82) is 0 Å². The fourth-order valence-electron chi connectivity index (χ4n) is 2.87. The summed E-state index contributed by atoms with van der Waals surface area (Å²) in [6.07, 6.45) is 0. The molecule has 0 unspecified atom stereocenters. The standard InChI is InChI=1S/C22H37NO5/c1-22(2,3)20-4-6-21(7-5-20)23-8-10-24-12-14-26-16-18-28-19-17-27-15-13-25-11-9-23/h4-7H,8-19H2,1-3H3. The van der Waals surface area contributed by atoms with Crippen molar-refractivity contribution < 1.29 is 23.7 Å². The maximum Gasteiger partial charge on any atom is 0.0701 e. The zero-order valence-corrected chi connectivity index (χ0v) is 17.8. The van der Waals surface area contributed by atoms with Gasteiger partial charge in [0.2, 0.25) is 0 Å². The minimum atomic E-state index is 0.156. The Labute approximate surface area is 170 Å². The van der Waals surface area contributed by atoms with Crippen LogP contribution in [0.3, 0.4) is 0 Å². The molecule has 160 valence electrons. The van der Waals surface area contributed by atoms with E-state index in [4.69, 9.17) is 23.7 Å². The Balaban J connectivity index is 1.88. The van der Waals surface area contributed by atoms with E-state index >= 15 is 0 Å². The molecule has 0 radical (unpaired) electrons. The lowest BCUT2D eigenvalue weighted by Gasteiger charge is -2.26. The minimum absolute atomic E-state index is 0.156. The second-order valence-corrected chi connectivity index (χ2v) is 7.85. The molecule has 28 heavy (non-hydrogen) atoms. The molecule has 6 heteroatoms. The van der Waals surface area contributed by atoms with Gasteiger partial charge in [0.05, 0.1) is 66.1 Å². The van der Waals surface area contributed by atoms with E-state index in [2.05, 4.69) is 49.9 Å². The van der Waals surface area contributed by atoms with Crippen LogP contribution in [0.5, 0.6) is 0 Å². The number of anilines is 1. The van der Waals surface area contributed by atoms with E-state index in [1.165, 1.54) is 11.3 Å². The van der Waals surface area contributed by atoms with Gasteiger partial charge in [0, 0.05) is 18.8 Å². The molecule has 2 rings (SSSR count). The molecule has 0 atom stereocenters. The molecule has 1 fully saturated rings. The quantitative estimate of drug-likeness (QED) is 0.729. The van der Waals surface area contributed by atoms with Crippen LogP contribution in [0, 0.1) is 0 Å². The molecule has 1 saturated heterocycles. The number of hydrogen-bond donors (Lipinski definition) is 0. The van der Waals surface area contributed by atoms with Crippen molar-refractivity contribution in [3.05, 3.63) is 29.8 Å². The second kappa shape index (κ2) is 13.1. The SMILES string of the molecule is CC(C)(C)c1ccc(N2CCOCCOCCOCCOCCOCC2)cc1. The van der Waals surface area contributed by atoms with E-state index in [0.29, 0.717) is 66.1 Å². The molecule has 1 aliphatic heterocycles. The van der Waals surface area contributed by atoms with Crippen molar-refractivity contribution in [2.75, 3.05) is 84.1 Å². The number of rotatable bonds is 1. The zero-order chi connectivity index (χ0) is 20.1. The molecule has 0 saturated carbocycles. The average Bonchev–Trinajstić information content (AvgIpc) is 2.67. The number of benzene rings is 1. The number of ether oxygens (including phenoxy) is 5. The Morgan fingerprint density at radius 2 is 0.929 bits per heavy atom. The van der Waals surface area contributed by atoms with Gasteiger partial charge in [0.25, 0.3) is 0 Å². The molecule has 0 spiro atoms. The van der Waals surface area contributed by atoms with E-state index in [0.717, 1.165) is 13.1 Å². The van der Waals surface area contributed by atoms with Crippen LogP contribution < -0.4 is 4.90 Å². The summed E-state index contributed by atoms with van der Waals surface area (Å²) < 4.78 is 27.9. The van der Waals surface area contributed by atoms with Crippen LogP contribution in [-0.4, -0.2) is 79.2 Å². The summed E-state index contributed by atoms with van der Waals surface area (Å²) in [5.41, 5.74) is 2.69. The molecule has 6 nitrogen and oxygen atoms in total. The summed E-state index contributed by atoms with van der Waals surface area (Å²) in [5, 5.41) is 0. The van der Waals surface area contributed by atoms with Gasteiger partial charge >= 0.3 is 0 Å². The summed E-state index contributed by atoms with van der Waals surface area (Å²) in [6, 6.07) is 8.82. The lowest BCUT2D eigenvalue weighted by atomic mass is 9.87. The fraction of sp³-hybridized carbons (Fsp3) is 0.727. The first-order chi connectivity index (χ1) is 13.6. The predicted octanol–water partition coefficient (Wildman–Crippen LogP) is 2.89. The van der Waals surface area contributed by atoms with Gasteiger partial charge in [-0.1, -0.05) is 32.9 Å². The Kier molecular flexibility index (Phi) is 10.8. The van der Waals surface area contributed by atoms with E-state index in [9.17, 15) is 0 Å². The topological polar surface area (TPSA) is 49.4 Å². The smallest absolute Gasteiger partial charge is 0.0701 e. The monoisotopic (exact) mass is 395 g/mol. The molecule has 1 aromatic rings. The number of hydrogen-bond acceptors (Lipinski definition) is 6. The minimum Gasteiger partial charge on any atom is -0.377 e. The van der Waals surface area contributed by atoms with E-state index in [1.54, 1.807) is 0 Å². The highest BCUT2D eigenvalue weighted by atomic mass is 16.6. The first kappa shape index (κ1) is 23.1. The van der Waals surface area contributed by atoms with Gasteiger partial charge < -0.3 is 28.6 Å². The van der Waals surface area contributed by atoms with Crippen LogP contribution in [0.2, 0.25) is 0 Å². The Morgan fingerprint density at radius 3 is 1.29 bits per heavy atom. The van der Waals surface area contributed by atoms with Gasteiger partial charge in [-0.3, -0.25) is 0 Å². The van der Waals surface area contributed by atoms with Gasteiger partial charge in [-0.2, -0.15) is 0 Å². The normalized spacial score (nSPS) is 20.3. The third-order valence-electron chi connectivity index (χ3n) is 4.60. The Morgan fingerprint density at radius 1 is 0.571 bits per heavy atom. The first-order valence-electron chi connectivity index (χ1n) is 10.3. The maximum atomic E-state index is 5.74. The molecule has 0 N–H and O–H groups in total. The molecule has 0 aromatic heterocycles. The first-order valence-corrected chi connectivity index (χ1v) is 10.3. The van der Waals surface area contributed by atoms with Crippen molar-refractivity contribution in [3.8, 4) is 0 Å². The van der Waals surface area contributed by atoms with Crippen molar-refractivity contribution in [1.82, 2.24) is 0 Å². The lowest BCUT2D eigenvalue weighted by molar-refractivity contribution is -0.0116. The summed E-state index contributed by atoms with van der Waals surface area (Å²) in [6.45, 7) is 14.3. The van der Waals surface area contributed by atoms with E-state index < -0.39 is 0 Å². The molecule has 1 aliphatic rings. The van der Waals surface area contributed by atoms with Crippen molar-refractivity contribution >= 4 is 5.69 Å². The van der Waals surface area contributed by atoms with Gasteiger partial charge in [0.15, 0.2) is 0 Å². The summed E-state index contributed by atoms with van der Waals surface area (Å²) in [4.78, 5) is 2.31. The second-order valence-electron chi connectivity index (χ2n) is 7.85. The van der Waals surface area contributed by atoms with Crippen LogP contribution >= 0.6 is 0 Å². The highest BCUT2D eigenvalue weighted by molar-refractivity contribution is 5.48. The van der Waals surface area contributed by atoms with Crippen LogP contribution in [0.15, 0.2) is 24.3 Å². The van der Waals surface area contributed by atoms with Gasteiger partial charge in [-0.15, -0.1) is 0 Å². The third kappa shape index (κ3) is 9.34. The molecule has 0 amide bonds. The zero-order valence-electron chi connectivity index (χ0n) is 17.8. The summed E-state index contributed by atoms with van der Waals surface area (Å²) in [5.74, 6) is 0. The molecule has 1 aromatic carbocycles. The number of nitrogens with zero attached hydrogens (tertiary/aromatic N) is 1. The van der Waals surface area contributed by atoms with E-state index in [1.807, 2.05) is 0 Å². The third-order valence-corrected chi connectivity index (χ3v) is 4.60. The van der Waals surface area contributed by atoms with Crippen molar-refractivity contribution in [3.63, 3.8) is 0 Å². The predicted molar refractivity (Wildman–Crippen MR) is 111 cm³/mol. The maximum absolute atomic E-state index is 5.74. The molecule has 0 bridgehead atoms. The fourth-order valence-corrected chi connectivity index (χ4v) is 2.87. The highest BCUT2D eigenvalue weighted by Crippen LogP contribution is 2.24. The van der Waals surface area contributed by atoms with E-state index in [-0.39, 0.29) is 5.41 Å². The Bertz CT molecular complexity index is 497. The molecule has 1 heterocycles. The highest BCUT2D eigenvalue weighted by Gasteiger charge is 2.14. The van der Waals surface area contributed by atoms with Crippen LogP contribution in [0.4, 0.5) is 5.69 Å². The summed E-state index contributed by atoms with van der Waals surface area (Å²) in [7, 11) is 0. The van der Waals surface area contributed by atoms with Gasteiger partial charge in [-0.25, -0.2) is 0 Å². The summed E-state index contributed by atoms with van der Waals surface area (Å²) >= 11 is 0. The average molecular weight is 396 g/mol. The van der Waals surface area contributed by atoms with Gasteiger partial charge in [-0.05, 0) is 23.1 Å². The lowest BCUT2D eigenvalue weighted by Crippen LogP contribution is -2.31. The van der Waals surface area contributed by atoms with Gasteiger partial charge in [0.1, 0.15) is 0 Å². The Hall–Kier alpha value is -1.18. The van der Waals surface area contributed by atoms with Crippen LogP contribution in [0.25, 0.3) is 0 Å². The largest absolute Gasteiger partial charge is 0.377 e. The van der Waals surface area contributed by atoms with Crippen molar-refractivity contribution in [2.24, 2.45) is 0 Å². The van der Waals surface area contributed by atoms with Crippen LogP contribution in [0.1, 0.15) is 26.3 Å². The van der Waals surface area contributed by atoms with Crippen molar-refractivity contribution in [2.45, 2.75) is 26.2 Å². The molecular formula is C22H37NO5. The van der Waals surface area contributed by atoms with Crippen LogP contribution in [-0.2, 0) is 29.1 Å².